The van der Waals surface area contributed by atoms with Gasteiger partial charge in [-0.05, 0) is 26.4 Å². The average Bonchev–Trinajstić information content (AvgIpc) is 2.55. The Balaban J connectivity index is 1.80. The van der Waals surface area contributed by atoms with Crippen LogP contribution in [0.15, 0.2) is 12.4 Å². The first kappa shape index (κ1) is 12.6. The molecule has 2 heterocycles. The molecule has 2 rings (SSSR count). The van der Waals surface area contributed by atoms with Crippen molar-refractivity contribution in [3.8, 4) is 0 Å². The zero-order valence-corrected chi connectivity index (χ0v) is 11.0. The van der Waals surface area contributed by atoms with E-state index in [1.807, 2.05) is 12.4 Å². The molecule has 1 saturated heterocycles. The first-order valence-corrected chi connectivity index (χ1v) is 6.64. The number of hydrogen-bond donors (Lipinski definition) is 1. The summed E-state index contributed by atoms with van der Waals surface area (Å²) in [6.45, 7) is 3.23. The predicted octanol–water partition coefficient (Wildman–Crippen LogP) is 1.38. The van der Waals surface area contributed by atoms with E-state index in [1.54, 1.807) is 0 Å². The quantitative estimate of drug-likeness (QED) is 0.857. The first-order valence-electron chi connectivity index (χ1n) is 6.64. The fraction of sp³-hybridized carbons (Fsp3) is 0.769. The van der Waals surface area contributed by atoms with Crippen LogP contribution in [-0.4, -0.2) is 40.6 Å². The highest BCUT2D eigenvalue weighted by Crippen LogP contribution is 2.10. The maximum atomic E-state index is 4.37. The third-order valence-corrected chi connectivity index (χ3v) is 3.53. The predicted molar refractivity (Wildman–Crippen MR) is 69.8 cm³/mol. The van der Waals surface area contributed by atoms with Crippen LogP contribution < -0.4 is 5.32 Å². The summed E-state index contributed by atoms with van der Waals surface area (Å²) in [6.07, 6.45) is 9.27. The molecule has 0 spiro atoms. The van der Waals surface area contributed by atoms with E-state index in [9.17, 15) is 0 Å². The van der Waals surface area contributed by atoms with E-state index in [0.29, 0.717) is 6.04 Å². The van der Waals surface area contributed by atoms with Crippen LogP contribution in [0.3, 0.4) is 0 Å². The smallest absolute Gasteiger partial charge is 0.122 e. The molecular formula is C13H24N4. The van der Waals surface area contributed by atoms with Crippen molar-refractivity contribution in [1.82, 2.24) is 19.8 Å². The second kappa shape index (κ2) is 6.17. The van der Waals surface area contributed by atoms with Crippen molar-refractivity contribution in [2.45, 2.75) is 38.3 Å². The van der Waals surface area contributed by atoms with Gasteiger partial charge in [-0.3, -0.25) is 4.90 Å². The number of aryl methyl sites for hydroxylation is 1. The maximum Gasteiger partial charge on any atom is 0.122 e. The van der Waals surface area contributed by atoms with Gasteiger partial charge in [0.15, 0.2) is 0 Å². The van der Waals surface area contributed by atoms with E-state index in [1.165, 1.54) is 32.2 Å². The Bertz CT molecular complexity index is 326. The van der Waals surface area contributed by atoms with Gasteiger partial charge in [0.05, 0.1) is 6.54 Å². The monoisotopic (exact) mass is 236 g/mol. The fourth-order valence-corrected chi connectivity index (χ4v) is 2.49. The molecule has 96 valence electrons. The molecule has 4 nitrogen and oxygen atoms in total. The Morgan fingerprint density at radius 1 is 1.47 bits per heavy atom. The Kier molecular flexibility index (Phi) is 4.57. The first-order chi connectivity index (χ1) is 8.25. The lowest BCUT2D eigenvalue weighted by atomic mass is 10.1. The average molecular weight is 236 g/mol. The molecule has 0 aliphatic carbocycles. The Morgan fingerprint density at radius 3 is 3.12 bits per heavy atom. The van der Waals surface area contributed by atoms with E-state index in [0.717, 1.165) is 18.9 Å². The van der Waals surface area contributed by atoms with Gasteiger partial charge >= 0.3 is 0 Å². The zero-order chi connectivity index (χ0) is 12.1. The summed E-state index contributed by atoms with van der Waals surface area (Å²) in [5, 5.41) is 3.64. The van der Waals surface area contributed by atoms with Gasteiger partial charge in [0.1, 0.15) is 5.82 Å². The van der Waals surface area contributed by atoms with E-state index in [2.05, 4.69) is 33.9 Å². The van der Waals surface area contributed by atoms with E-state index in [4.69, 9.17) is 0 Å². The molecule has 1 aromatic heterocycles. The lowest BCUT2D eigenvalue weighted by molar-refractivity contribution is 0.270. The highest BCUT2D eigenvalue weighted by Gasteiger charge is 2.14. The van der Waals surface area contributed by atoms with Crippen molar-refractivity contribution in [3.63, 3.8) is 0 Å². The van der Waals surface area contributed by atoms with Gasteiger partial charge < -0.3 is 9.88 Å². The molecule has 0 aromatic carbocycles. The van der Waals surface area contributed by atoms with Crippen LogP contribution in [0.5, 0.6) is 0 Å². The van der Waals surface area contributed by atoms with Gasteiger partial charge in [0.2, 0.25) is 0 Å². The minimum absolute atomic E-state index is 0.655. The van der Waals surface area contributed by atoms with Gasteiger partial charge in [-0.15, -0.1) is 0 Å². The molecule has 17 heavy (non-hydrogen) atoms. The van der Waals surface area contributed by atoms with Crippen LogP contribution in [-0.2, 0) is 13.6 Å². The topological polar surface area (TPSA) is 33.1 Å². The summed E-state index contributed by atoms with van der Waals surface area (Å²) in [5.74, 6) is 1.14. The Morgan fingerprint density at radius 2 is 2.35 bits per heavy atom. The second-order valence-electron chi connectivity index (χ2n) is 5.15. The fourth-order valence-electron chi connectivity index (χ4n) is 2.49. The molecule has 1 unspecified atom stereocenters. The lowest BCUT2D eigenvalue weighted by Crippen LogP contribution is -2.39. The number of likely N-dealkylation sites (N-methyl/N-ethyl adjacent to an activating group) is 1. The number of hydrogen-bond acceptors (Lipinski definition) is 3. The van der Waals surface area contributed by atoms with Gasteiger partial charge in [0, 0.05) is 32.0 Å². The van der Waals surface area contributed by atoms with Crippen molar-refractivity contribution >= 4 is 0 Å². The number of nitrogens with one attached hydrogen (secondary N) is 1. The summed E-state index contributed by atoms with van der Waals surface area (Å²) >= 11 is 0. The minimum atomic E-state index is 0.655. The number of aromatic nitrogens is 2. The highest BCUT2D eigenvalue weighted by molar-refractivity contribution is 4.91. The molecule has 0 bridgehead atoms. The largest absolute Gasteiger partial charge is 0.337 e. The SMILES string of the molecule is CN(Cc1nccn1C)CC1CCCCCN1. The lowest BCUT2D eigenvalue weighted by Gasteiger charge is -2.23. The highest BCUT2D eigenvalue weighted by atomic mass is 15.2. The van der Waals surface area contributed by atoms with Gasteiger partial charge in [0.25, 0.3) is 0 Å². The van der Waals surface area contributed by atoms with E-state index < -0.39 is 0 Å². The molecule has 0 amide bonds. The molecule has 1 atom stereocenters. The van der Waals surface area contributed by atoms with Crippen LogP contribution >= 0.6 is 0 Å². The molecule has 4 heteroatoms. The Labute approximate surface area is 104 Å². The summed E-state index contributed by atoms with van der Waals surface area (Å²) in [4.78, 5) is 6.73. The summed E-state index contributed by atoms with van der Waals surface area (Å²) in [5.41, 5.74) is 0. The molecular weight excluding hydrogens is 212 g/mol. The van der Waals surface area contributed by atoms with Crippen LogP contribution in [0.25, 0.3) is 0 Å². The van der Waals surface area contributed by atoms with Crippen molar-refractivity contribution in [3.05, 3.63) is 18.2 Å². The van der Waals surface area contributed by atoms with E-state index >= 15 is 0 Å². The minimum Gasteiger partial charge on any atom is -0.337 e. The van der Waals surface area contributed by atoms with Crippen LogP contribution in [0, 0.1) is 0 Å². The van der Waals surface area contributed by atoms with Crippen molar-refractivity contribution in [1.29, 1.82) is 0 Å². The van der Waals surface area contributed by atoms with Crippen LogP contribution in [0.1, 0.15) is 31.5 Å². The molecule has 0 radical (unpaired) electrons. The summed E-state index contributed by atoms with van der Waals surface area (Å²) < 4.78 is 2.09. The maximum absolute atomic E-state index is 4.37. The molecule has 1 fully saturated rings. The number of nitrogens with zero attached hydrogens (tertiary/aromatic N) is 3. The molecule has 1 N–H and O–H groups in total. The zero-order valence-electron chi connectivity index (χ0n) is 11.0. The Hall–Kier alpha value is -0.870. The molecule has 1 aromatic rings. The van der Waals surface area contributed by atoms with E-state index in [-0.39, 0.29) is 0 Å². The second-order valence-corrected chi connectivity index (χ2v) is 5.15. The van der Waals surface area contributed by atoms with Gasteiger partial charge in [-0.25, -0.2) is 4.98 Å². The van der Waals surface area contributed by atoms with Crippen molar-refractivity contribution < 1.29 is 0 Å². The van der Waals surface area contributed by atoms with Gasteiger partial charge in [-0.2, -0.15) is 0 Å². The standard InChI is InChI=1S/C13H24N4/c1-16(11-13-15-8-9-17(13)2)10-12-6-4-3-5-7-14-12/h8-9,12,14H,3-7,10-11H2,1-2H3. The summed E-state index contributed by atoms with van der Waals surface area (Å²) in [7, 11) is 4.24. The van der Waals surface area contributed by atoms with Crippen molar-refractivity contribution in [2.24, 2.45) is 7.05 Å². The van der Waals surface area contributed by atoms with Crippen LogP contribution in [0.2, 0.25) is 0 Å². The number of imidazole rings is 1. The van der Waals surface area contributed by atoms with Crippen LogP contribution in [0.4, 0.5) is 0 Å². The molecule has 0 saturated carbocycles. The number of rotatable bonds is 4. The third-order valence-electron chi connectivity index (χ3n) is 3.53. The molecule has 1 aliphatic heterocycles. The summed E-state index contributed by atoms with van der Waals surface area (Å²) in [6, 6.07) is 0.655. The normalized spacial score (nSPS) is 21.7. The van der Waals surface area contributed by atoms with Crippen molar-refractivity contribution in [2.75, 3.05) is 20.1 Å². The van der Waals surface area contributed by atoms with Gasteiger partial charge in [-0.1, -0.05) is 12.8 Å². The molecule has 1 aliphatic rings. The third kappa shape index (κ3) is 3.82.